The van der Waals surface area contributed by atoms with Crippen molar-refractivity contribution in [1.82, 2.24) is 0 Å². The highest BCUT2D eigenvalue weighted by molar-refractivity contribution is 5.86. The molecule has 3 aliphatic rings. The Hall–Kier alpha value is -2.57. The van der Waals surface area contributed by atoms with Crippen LogP contribution < -0.4 is 4.90 Å². The molecule has 0 N–H and O–H groups in total. The van der Waals surface area contributed by atoms with E-state index in [2.05, 4.69) is 59.5 Å². The van der Waals surface area contributed by atoms with E-state index in [9.17, 15) is 5.26 Å². The Morgan fingerprint density at radius 2 is 1.72 bits per heavy atom. The average Bonchev–Trinajstić information content (AvgIpc) is 2.97. The standard InChI is InChI=1S/C22H20N2O/c23-15-12-20-22(13-6-1-7-14-22)25-21-18-10-3-2-8-16(18)17-9-4-5-11-19(17)24(20)21/h2-5,8-12,21H,1,6-7,13-14H2/b20-12-. The first-order valence-corrected chi connectivity index (χ1v) is 9.10. The first kappa shape index (κ1) is 14.7. The topological polar surface area (TPSA) is 36.3 Å². The van der Waals surface area contributed by atoms with Crippen molar-refractivity contribution < 1.29 is 4.74 Å². The van der Waals surface area contributed by atoms with Crippen LogP contribution in [-0.4, -0.2) is 5.60 Å². The Balaban J connectivity index is 1.76. The largest absolute Gasteiger partial charge is 0.341 e. The van der Waals surface area contributed by atoms with Crippen LogP contribution in [0.4, 0.5) is 5.69 Å². The van der Waals surface area contributed by atoms with Gasteiger partial charge in [0.25, 0.3) is 0 Å². The van der Waals surface area contributed by atoms with Crippen molar-refractivity contribution in [3.8, 4) is 17.2 Å². The monoisotopic (exact) mass is 328 g/mol. The van der Waals surface area contributed by atoms with Crippen molar-refractivity contribution in [1.29, 1.82) is 5.26 Å². The molecule has 2 aromatic rings. The van der Waals surface area contributed by atoms with Crippen LogP contribution in [0.1, 0.15) is 43.9 Å². The molecule has 1 saturated heterocycles. The highest BCUT2D eigenvalue weighted by Crippen LogP contribution is 2.57. The molecule has 0 aromatic heterocycles. The summed E-state index contributed by atoms with van der Waals surface area (Å²) in [4.78, 5) is 2.27. The maximum atomic E-state index is 9.47. The van der Waals surface area contributed by atoms with E-state index in [4.69, 9.17) is 4.74 Å². The summed E-state index contributed by atoms with van der Waals surface area (Å²) in [5.41, 5.74) is 5.53. The molecule has 2 aliphatic heterocycles. The van der Waals surface area contributed by atoms with E-state index in [1.54, 1.807) is 6.08 Å². The predicted octanol–water partition coefficient (Wildman–Crippen LogP) is 5.31. The zero-order chi connectivity index (χ0) is 16.9. The maximum absolute atomic E-state index is 9.47. The summed E-state index contributed by atoms with van der Waals surface area (Å²) in [7, 11) is 0. The van der Waals surface area contributed by atoms with Crippen LogP contribution in [0, 0.1) is 11.3 Å². The molecule has 1 atom stereocenters. The molecule has 0 bridgehead atoms. The summed E-state index contributed by atoms with van der Waals surface area (Å²) in [6, 6.07) is 19.2. The number of rotatable bonds is 0. The third kappa shape index (κ3) is 2.01. The molecule has 0 amide bonds. The van der Waals surface area contributed by atoms with E-state index in [0.29, 0.717) is 0 Å². The quantitative estimate of drug-likeness (QED) is 0.615. The normalized spacial score (nSPS) is 24.5. The molecule has 1 spiro atoms. The number of hydrogen-bond donors (Lipinski definition) is 0. The fourth-order valence-electron chi connectivity index (χ4n) is 4.76. The Labute approximate surface area is 148 Å². The molecular weight excluding hydrogens is 308 g/mol. The number of nitrogens with zero attached hydrogens (tertiary/aromatic N) is 2. The summed E-state index contributed by atoms with van der Waals surface area (Å²) in [5, 5.41) is 9.47. The van der Waals surface area contributed by atoms with Crippen LogP contribution in [0.25, 0.3) is 11.1 Å². The molecule has 2 heterocycles. The molecule has 1 saturated carbocycles. The number of benzene rings is 2. The maximum Gasteiger partial charge on any atom is 0.162 e. The fourth-order valence-corrected chi connectivity index (χ4v) is 4.76. The summed E-state index contributed by atoms with van der Waals surface area (Å²) in [6.45, 7) is 0. The van der Waals surface area contributed by atoms with Crippen LogP contribution in [-0.2, 0) is 4.74 Å². The van der Waals surface area contributed by atoms with E-state index < -0.39 is 0 Å². The minimum Gasteiger partial charge on any atom is -0.341 e. The number of anilines is 1. The van der Waals surface area contributed by atoms with Crippen molar-refractivity contribution in [3.63, 3.8) is 0 Å². The number of allylic oxidation sites excluding steroid dienone is 1. The van der Waals surface area contributed by atoms with Crippen LogP contribution in [0.2, 0.25) is 0 Å². The molecule has 1 unspecified atom stereocenters. The molecule has 3 nitrogen and oxygen atoms in total. The molecular formula is C22H20N2O. The summed E-state index contributed by atoms with van der Waals surface area (Å²) in [5.74, 6) is 0. The lowest BCUT2D eigenvalue weighted by Crippen LogP contribution is -2.34. The van der Waals surface area contributed by atoms with Crippen molar-refractivity contribution in [2.75, 3.05) is 4.90 Å². The van der Waals surface area contributed by atoms with Gasteiger partial charge >= 0.3 is 0 Å². The smallest absolute Gasteiger partial charge is 0.162 e. The molecule has 25 heavy (non-hydrogen) atoms. The molecule has 3 heteroatoms. The molecule has 2 aromatic carbocycles. The molecule has 2 fully saturated rings. The predicted molar refractivity (Wildman–Crippen MR) is 97.7 cm³/mol. The molecule has 0 radical (unpaired) electrons. The second-order valence-corrected chi connectivity index (χ2v) is 7.16. The Morgan fingerprint density at radius 1 is 1.00 bits per heavy atom. The SMILES string of the molecule is N#C/C=C1\N2c3ccccc3-c3ccccc3C2OC12CCCCC2. The van der Waals surface area contributed by atoms with Gasteiger partial charge < -0.3 is 9.64 Å². The first-order valence-electron chi connectivity index (χ1n) is 9.10. The molecule has 124 valence electrons. The zero-order valence-corrected chi connectivity index (χ0v) is 14.1. The van der Waals surface area contributed by atoms with Crippen LogP contribution in [0.5, 0.6) is 0 Å². The lowest BCUT2D eigenvalue weighted by Gasteiger charge is -2.35. The van der Waals surface area contributed by atoms with Gasteiger partial charge in [0.1, 0.15) is 5.60 Å². The van der Waals surface area contributed by atoms with Crippen molar-refractivity contribution in [3.05, 3.63) is 65.9 Å². The van der Waals surface area contributed by atoms with Gasteiger partial charge in [-0.15, -0.1) is 0 Å². The lowest BCUT2D eigenvalue weighted by molar-refractivity contribution is -0.0501. The van der Waals surface area contributed by atoms with Gasteiger partial charge in [-0.3, -0.25) is 0 Å². The Morgan fingerprint density at radius 3 is 2.52 bits per heavy atom. The van der Waals surface area contributed by atoms with Crippen molar-refractivity contribution in [2.45, 2.75) is 43.9 Å². The van der Waals surface area contributed by atoms with Crippen LogP contribution >= 0.6 is 0 Å². The van der Waals surface area contributed by atoms with E-state index in [1.807, 2.05) is 0 Å². The number of para-hydroxylation sites is 1. The number of ether oxygens (including phenoxy) is 1. The van der Waals surface area contributed by atoms with Gasteiger partial charge in [0.2, 0.25) is 0 Å². The minimum atomic E-state index is -0.316. The van der Waals surface area contributed by atoms with E-state index in [1.165, 1.54) is 23.1 Å². The van der Waals surface area contributed by atoms with E-state index in [-0.39, 0.29) is 11.8 Å². The summed E-state index contributed by atoms with van der Waals surface area (Å²) in [6.07, 6.45) is 7.15. The highest BCUT2D eigenvalue weighted by atomic mass is 16.5. The summed E-state index contributed by atoms with van der Waals surface area (Å²) >= 11 is 0. The van der Waals surface area contributed by atoms with Gasteiger partial charge in [0.05, 0.1) is 17.5 Å². The van der Waals surface area contributed by atoms with Crippen LogP contribution in [0.3, 0.4) is 0 Å². The summed E-state index contributed by atoms with van der Waals surface area (Å²) < 4.78 is 6.75. The lowest BCUT2D eigenvalue weighted by atomic mass is 9.82. The Bertz CT molecular complexity index is 902. The van der Waals surface area contributed by atoms with Gasteiger partial charge in [-0.2, -0.15) is 5.26 Å². The van der Waals surface area contributed by atoms with Crippen molar-refractivity contribution >= 4 is 5.69 Å². The first-order chi connectivity index (χ1) is 12.3. The highest BCUT2D eigenvalue weighted by Gasteiger charge is 2.52. The van der Waals surface area contributed by atoms with Gasteiger partial charge in [-0.05, 0) is 24.5 Å². The van der Waals surface area contributed by atoms with Crippen LogP contribution in [0.15, 0.2) is 60.3 Å². The van der Waals surface area contributed by atoms with Gasteiger partial charge in [0, 0.05) is 17.2 Å². The second-order valence-electron chi connectivity index (χ2n) is 7.16. The van der Waals surface area contributed by atoms with E-state index in [0.717, 1.165) is 37.1 Å². The molecule has 5 rings (SSSR count). The van der Waals surface area contributed by atoms with Crippen molar-refractivity contribution in [2.24, 2.45) is 0 Å². The van der Waals surface area contributed by atoms with Gasteiger partial charge in [-0.1, -0.05) is 61.7 Å². The fraction of sp³-hybridized carbons (Fsp3) is 0.318. The average molecular weight is 328 g/mol. The number of hydrogen-bond acceptors (Lipinski definition) is 3. The van der Waals surface area contributed by atoms with Gasteiger partial charge in [-0.25, -0.2) is 0 Å². The third-order valence-electron chi connectivity index (χ3n) is 5.84. The Kier molecular flexibility index (Phi) is 3.23. The third-order valence-corrected chi connectivity index (χ3v) is 5.84. The number of nitriles is 1. The molecule has 1 aliphatic carbocycles. The number of fused-ring (bicyclic) bond motifs is 6. The zero-order valence-electron chi connectivity index (χ0n) is 14.1. The van der Waals surface area contributed by atoms with E-state index >= 15 is 0 Å². The minimum absolute atomic E-state index is 0.135. The second kappa shape index (κ2) is 5.47. The van der Waals surface area contributed by atoms with Gasteiger partial charge in [0.15, 0.2) is 6.23 Å².